The lowest BCUT2D eigenvalue weighted by Gasteiger charge is -2.23. The van der Waals surface area contributed by atoms with Crippen LogP contribution < -0.4 is 16.0 Å². The predicted molar refractivity (Wildman–Crippen MR) is 101 cm³/mol. The number of aromatic nitrogens is 1. The second-order valence-electron chi connectivity index (χ2n) is 6.20. The first-order chi connectivity index (χ1) is 11.7. The molecule has 0 aromatic carbocycles. The van der Waals surface area contributed by atoms with Crippen molar-refractivity contribution in [3.05, 3.63) is 23.9 Å². The Kier molecular flexibility index (Phi) is 7.31. The van der Waals surface area contributed by atoms with E-state index in [1.165, 1.54) is 19.4 Å². The van der Waals surface area contributed by atoms with Crippen LogP contribution in [0.25, 0.3) is 0 Å². The highest BCUT2D eigenvalue weighted by atomic mass is 15.2. The van der Waals surface area contributed by atoms with Crippen molar-refractivity contribution in [3.8, 4) is 0 Å². The summed E-state index contributed by atoms with van der Waals surface area (Å²) in [5.41, 5.74) is 7.08. The molecule has 1 aromatic rings. The van der Waals surface area contributed by atoms with E-state index in [9.17, 15) is 0 Å². The lowest BCUT2D eigenvalue weighted by atomic mass is 10.2. The molecular formula is C18H32N6. The summed E-state index contributed by atoms with van der Waals surface area (Å²) in [6.45, 7) is 12.2. The van der Waals surface area contributed by atoms with Crippen molar-refractivity contribution in [2.24, 2.45) is 10.7 Å². The monoisotopic (exact) mass is 332 g/mol. The van der Waals surface area contributed by atoms with E-state index in [1.807, 2.05) is 6.20 Å². The van der Waals surface area contributed by atoms with Crippen LogP contribution in [0.2, 0.25) is 0 Å². The van der Waals surface area contributed by atoms with E-state index in [1.54, 1.807) is 0 Å². The van der Waals surface area contributed by atoms with Gasteiger partial charge in [0.05, 0.1) is 6.54 Å². The number of likely N-dealkylation sites (N-methyl/N-ethyl adjacent to an activating group) is 1. The second kappa shape index (κ2) is 9.47. The summed E-state index contributed by atoms with van der Waals surface area (Å²) in [5.74, 6) is 1.53. The quantitative estimate of drug-likeness (QED) is 0.561. The molecule has 24 heavy (non-hydrogen) atoms. The largest absolute Gasteiger partial charge is 0.370 e. The van der Waals surface area contributed by atoms with Crippen molar-refractivity contribution in [1.29, 1.82) is 0 Å². The summed E-state index contributed by atoms with van der Waals surface area (Å²) in [6.07, 6.45) is 4.41. The van der Waals surface area contributed by atoms with Crippen LogP contribution in [-0.2, 0) is 6.54 Å². The summed E-state index contributed by atoms with van der Waals surface area (Å²) in [5, 5.41) is 3.26. The Balaban J connectivity index is 1.81. The van der Waals surface area contributed by atoms with E-state index in [0.717, 1.165) is 37.6 Å². The van der Waals surface area contributed by atoms with Crippen molar-refractivity contribution in [2.75, 3.05) is 37.6 Å². The fourth-order valence-electron chi connectivity index (χ4n) is 3.24. The minimum absolute atomic E-state index is 0.519. The lowest BCUT2D eigenvalue weighted by Crippen LogP contribution is -2.42. The molecule has 0 spiro atoms. The maximum Gasteiger partial charge on any atom is 0.188 e. The number of rotatable bonds is 8. The summed E-state index contributed by atoms with van der Waals surface area (Å²) in [6, 6.07) is 4.71. The Labute approximate surface area is 146 Å². The molecule has 0 bridgehead atoms. The molecule has 134 valence electrons. The topological polar surface area (TPSA) is 69.8 Å². The van der Waals surface area contributed by atoms with Gasteiger partial charge in [0.25, 0.3) is 0 Å². The zero-order chi connectivity index (χ0) is 17.4. The molecule has 1 aromatic heterocycles. The van der Waals surface area contributed by atoms with Crippen molar-refractivity contribution >= 4 is 11.8 Å². The first-order valence-corrected chi connectivity index (χ1v) is 9.15. The number of pyridine rings is 1. The second-order valence-corrected chi connectivity index (χ2v) is 6.20. The SMILES string of the molecule is CCN(CC)c1ccc(CN=C(N)NCC2CCCN2CC)cn1. The third kappa shape index (κ3) is 5.09. The maximum atomic E-state index is 6.00. The van der Waals surface area contributed by atoms with E-state index < -0.39 is 0 Å². The molecule has 0 radical (unpaired) electrons. The van der Waals surface area contributed by atoms with Gasteiger partial charge < -0.3 is 16.0 Å². The highest BCUT2D eigenvalue weighted by molar-refractivity contribution is 5.77. The first kappa shape index (κ1) is 18.5. The molecule has 1 aliphatic heterocycles. The van der Waals surface area contributed by atoms with E-state index in [-0.39, 0.29) is 0 Å². The average Bonchev–Trinajstić information content (AvgIpc) is 3.08. The van der Waals surface area contributed by atoms with Crippen molar-refractivity contribution in [2.45, 2.75) is 46.2 Å². The number of nitrogens with one attached hydrogen (secondary N) is 1. The molecule has 1 atom stereocenters. The van der Waals surface area contributed by atoms with Gasteiger partial charge in [0.1, 0.15) is 5.82 Å². The van der Waals surface area contributed by atoms with Crippen molar-refractivity contribution in [1.82, 2.24) is 15.2 Å². The molecule has 0 aliphatic carbocycles. The van der Waals surface area contributed by atoms with E-state index >= 15 is 0 Å². The molecule has 1 fully saturated rings. The Hall–Kier alpha value is -1.82. The van der Waals surface area contributed by atoms with Crippen LogP contribution in [0.1, 0.15) is 39.2 Å². The van der Waals surface area contributed by atoms with Gasteiger partial charge in [-0.1, -0.05) is 13.0 Å². The average molecular weight is 332 g/mol. The zero-order valence-electron chi connectivity index (χ0n) is 15.3. The molecule has 0 saturated carbocycles. The fourth-order valence-corrected chi connectivity index (χ4v) is 3.24. The Morgan fingerprint density at radius 2 is 2.17 bits per heavy atom. The minimum atomic E-state index is 0.519. The number of likely N-dealkylation sites (tertiary alicyclic amines) is 1. The predicted octanol–water partition coefficient (Wildman–Crippen LogP) is 1.82. The number of nitrogens with zero attached hydrogens (tertiary/aromatic N) is 4. The lowest BCUT2D eigenvalue weighted by molar-refractivity contribution is 0.267. The number of anilines is 1. The molecule has 2 heterocycles. The number of hydrogen-bond donors (Lipinski definition) is 2. The molecule has 6 heteroatoms. The van der Waals surface area contributed by atoms with Gasteiger partial charge in [-0.2, -0.15) is 0 Å². The van der Waals surface area contributed by atoms with Gasteiger partial charge in [0.2, 0.25) is 0 Å². The summed E-state index contributed by atoms with van der Waals surface area (Å²) in [4.78, 5) is 13.7. The molecule has 6 nitrogen and oxygen atoms in total. The van der Waals surface area contributed by atoms with Crippen LogP contribution in [0.4, 0.5) is 5.82 Å². The van der Waals surface area contributed by atoms with Crippen LogP contribution in [0, 0.1) is 0 Å². The number of aliphatic imine (C=N–C) groups is 1. The van der Waals surface area contributed by atoms with Gasteiger partial charge in [0.15, 0.2) is 5.96 Å². The Morgan fingerprint density at radius 3 is 2.79 bits per heavy atom. The van der Waals surface area contributed by atoms with Gasteiger partial charge in [-0.25, -0.2) is 9.98 Å². The molecular weight excluding hydrogens is 300 g/mol. The highest BCUT2D eigenvalue weighted by Crippen LogP contribution is 2.15. The summed E-state index contributed by atoms with van der Waals surface area (Å²) >= 11 is 0. The van der Waals surface area contributed by atoms with Crippen LogP contribution in [-0.4, -0.2) is 54.6 Å². The zero-order valence-corrected chi connectivity index (χ0v) is 15.3. The van der Waals surface area contributed by atoms with Crippen molar-refractivity contribution in [3.63, 3.8) is 0 Å². The smallest absolute Gasteiger partial charge is 0.188 e. The number of hydrogen-bond acceptors (Lipinski definition) is 4. The molecule has 1 unspecified atom stereocenters. The first-order valence-electron chi connectivity index (χ1n) is 9.15. The van der Waals surface area contributed by atoms with Crippen molar-refractivity contribution < 1.29 is 0 Å². The van der Waals surface area contributed by atoms with E-state index in [2.05, 4.69) is 58.0 Å². The molecule has 1 saturated heterocycles. The molecule has 1 aliphatic rings. The number of guanidine groups is 1. The number of nitrogens with two attached hydrogens (primary N) is 1. The van der Waals surface area contributed by atoms with Crippen LogP contribution >= 0.6 is 0 Å². The van der Waals surface area contributed by atoms with Gasteiger partial charge >= 0.3 is 0 Å². The Morgan fingerprint density at radius 1 is 1.38 bits per heavy atom. The third-order valence-corrected chi connectivity index (χ3v) is 4.75. The van der Waals surface area contributed by atoms with Gasteiger partial charge in [0, 0.05) is 31.9 Å². The molecule has 0 amide bonds. The maximum absolute atomic E-state index is 6.00. The third-order valence-electron chi connectivity index (χ3n) is 4.75. The fraction of sp³-hybridized carbons (Fsp3) is 0.667. The van der Waals surface area contributed by atoms with E-state index in [4.69, 9.17) is 5.73 Å². The minimum Gasteiger partial charge on any atom is -0.370 e. The van der Waals surface area contributed by atoms with E-state index in [0.29, 0.717) is 18.5 Å². The summed E-state index contributed by atoms with van der Waals surface area (Å²) in [7, 11) is 0. The standard InChI is InChI=1S/C18H32N6/c1-4-23(5-2)17-10-9-15(12-20-17)13-21-18(19)22-14-16-8-7-11-24(16)6-3/h9-10,12,16H,4-8,11,13-14H2,1-3H3,(H3,19,21,22). The van der Waals surface area contributed by atoms with Gasteiger partial charge in [-0.15, -0.1) is 0 Å². The Bertz CT molecular complexity index is 509. The molecule has 3 N–H and O–H groups in total. The highest BCUT2D eigenvalue weighted by Gasteiger charge is 2.22. The van der Waals surface area contributed by atoms with Crippen LogP contribution in [0.15, 0.2) is 23.3 Å². The normalized spacial score (nSPS) is 18.8. The summed E-state index contributed by atoms with van der Waals surface area (Å²) < 4.78 is 0. The van der Waals surface area contributed by atoms with Crippen LogP contribution in [0.5, 0.6) is 0 Å². The van der Waals surface area contributed by atoms with Gasteiger partial charge in [-0.3, -0.25) is 4.90 Å². The van der Waals surface area contributed by atoms with Crippen LogP contribution in [0.3, 0.4) is 0 Å². The molecule has 2 rings (SSSR count). The van der Waals surface area contributed by atoms with Gasteiger partial charge in [-0.05, 0) is 51.4 Å².